The van der Waals surface area contributed by atoms with Gasteiger partial charge in [0.15, 0.2) is 0 Å². The maximum atomic E-state index is 12.4. The highest BCUT2D eigenvalue weighted by Crippen LogP contribution is 2.11. The SMILES string of the molecule is CC(C(=O)NC(N)=O)N1CCN(CC(=O)N2CCCCCC2)CC1. The van der Waals surface area contributed by atoms with Gasteiger partial charge in [0.1, 0.15) is 0 Å². The van der Waals surface area contributed by atoms with Crippen LogP contribution in [0.4, 0.5) is 4.79 Å². The molecule has 1 unspecified atom stereocenters. The minimum absolute atomic E-state index is 0.213. The Morgan fingerprint density at radius 1 is 0.958 bits per heavy atom. The van der Waals surface area contributed by atoms with E-state index in [2.05, 4.69) is 10.2 Å². The number of amides is 4. The Hall–Kier alpha value is -1.67. The van der Waals surface area contributed by atoms with Crippen LogP contribution >= 0.6 is 0 Å². The van der Waals surface area contributed by atoms with Gasteiger partial charge in [0.2, 0.25) is 11.8 Å². The third kappa shape index (κ3) is 5.45. The number of imide groups is 1. The van der Waals surface area contributed by atoms with E-state index in [9.17, 15) is 14.4 Å². The fourth-order valence-corrected chi connectivity index (χ4v) is 3.31. The average Bonchev–Trinajstić information content (AvgIpc) is 2.83. The Kier molecular flexibility index (Phi) is 6.99. The lowest BCUT2D eigenvalue weighted by molar-refractivity contribution is -0.133. The lowest BCUT2D eigenvalue weighted by Crippen LogP contribution is -2.56. The predicted molar refractivity (Wildman–Crippen MR) is 90.2 cm³/mol. The Balaban J connectivity index is 1.74. The van der Waals surface area contributed by atoms with Crippen molar-refractivity contribution >= 4 is 17.8 Å². The monoisotopic (exact) mass is 339 g/mol. The van der Waals surface area contributed by atoms with E-state index >= 15 is 0 Å². The maximum Gasteiger partial charge on any atom is 0.318 e. The van der Waals surface area contributed by atoms with Crippen molar-refractivity contribution in [2.75, 3.05) is 45.8 Å². The van der Waals surface area contributed by atoms with Crippen LogP contribution in [0, 0.1) is 0 Å². The molecular weight excluding hydrogens is 310 g/mol. The van der Waals surface area contributed by atoms with E-state index in [-0.39, 0.29) is 11.8 Å². The molecular formula is C16H29N5O3. The molecule has 136 valence electrons. The summed E-state index contributed by atoms with van der Waals surface area (Å²) in [5, 5.41) is 2.12. The summed E-state index contributed by atoms with van der Waals surface area (Å²) in [7, 11) is 0. The van der Waals surface area contributed by atoms with Crippen LogP contribution in [0.5, 0.6) is 0 Å². The zero-order chi connectivity index (χ0) is 17.5. The van der Waals surface area contributed by atoms with Gasteiger partial charge in [-0.1, -0.05) is 12.8 Å². The summed E-state index contributed by atoms with van der Waals surface area (Å²) in [6.07, 6.45) is 4.64. The Labute approximate surface area is 143 Å². The quantitative estimate of drug-likeness (QED) is 0.725. The minimum Gasteiger partial charge on any atom is -0.351 e. The summed E-state index contributed by atoms with van der Waals surface area (Å²) < 4.78 is 0. The number of urea groups is 1. The largest absolute Gasteiger partial charge is 0.351 e. The third-order valence-corrected chi connectivity index (χ3v) is 4.90. The van der Waals surface area contributed by atoms with Crippen molar-refractivity contribution in [3.63, 3.8) is 0 Å². The van der Waals surface area contributed by atoms with Gasteiger partial charge in [0.05, 0.1) is 12.6 Å². The van der Waals surface area contributed by atoms with Crippen molar-refractivity contribution in [1.29, 1.82) is 0 Å². The number of carbonyl (C=O) groups excluding carboxylic acids is 3. The van der Waals surface area contributed by atoms with E-state index in [0.717, 1.165) is 39.0 Å². The van der Waals surface area contributed by atoms with Crippen LogP contribution in [0.1, 0.15) is 32.6 Å². The normalized spacial score (nSPS) is 21.8. The first-order chi connectivity index (χ1) is 11.5. The average molecular weight is 339 g/mol. The van der Waals surface area contributed by atoms with Gasteiger partial charge in [-0.25, -0.2) is 4.79 Å². The van der Waals surface area contributed by atoms with Crippen LogP contribution in [0.3, 0.4) is 0 Å². The number of nitrogens with two attached hydrogens (primary N) is 1. The summed E-state index contributed by atoms with van der Waals surface area (Å²) in [6.45, 7) is 6.85. The second-order valence-electron chi connectivity index (χ2n) is 6.64. The van der Waals surface area contributed by atoms with Gasteiger partial charge in [-0.3, -0.25) is 24.7 Å². The molecule has 0 radical (unpaired) electrons. The molecule has 8 nitrogen and oxygen atoms in total. The van der Waals surface area contributed by atoms with E-state index in [1.807, 2.05) is 9.80 Å². The molecule has 3 N–H and O–H groups in total. The van der Waals surface area contributed by atoms with Crippen LogP contribution in [-0.4, -0.2) is 84.4 Å². The highest BCUT2D eigenvalue weighted by atomic mass is 16.2. The molecule has 2 saturated heterocycles. The van der Waals surface area contributed by atoms with Crippen molar-refractivity contribution in [2.45, 2.75) is 38.6 Å². The number of carbonyl (C=O) groups is 3. The number of primary amides is 1. The summed E-state index contributed by atoms with van der Waals surface area (Å²) in [6, 6.07) is -1.23. The molecule has 0 bridgehead atoms. The Morgan fingerprint density at radius 3 is 2.08 bits per heavy atom. The van der Waals surface area contributed by atoms with Crippen molar-refractivity contribution in [3.8, 4) is 0 Å². The van der Waals surface area contributed by atoms with E-state index in [4.69, 9.17) is 5.73 Å². The first-order valence-electron chi connectivity index (χ1n) is 8.82. The van der Waals surface area contributed by atoms with Gasteiger partial charge in [-0.05, 0) is 19.8 Å². The van der Waals surface area contributed by atoms with Crippen LogP contribution in [0.2, 0.25) is 0 Å². The molecule has 0 aliphatic carbocycles. The number of piperazine rings is 1. The molecule has 2 rings (SSSR count). The fourth-order valence-electron chi connectivity index (χ4n) is 3.31. The summed E-state index contributed by atoms with van der Waals surface area (Å²) in [5.41, 5.74) is 4.98. The Bertz CT molecular complexity index is 455. The van der Waals surface area contributed by atoms with E-state index in [1.165, 1.54) is 12.8 Å². The third-order valence-electron chi connectivity index (χ3n) is 4.90. The van der Waals surface area contributed by atoms with Gasteiger partial charge < -0.3 is 10.6 Å². The second kappa shape index (κ2) is 8.98. The molecule has 2 heterocycles. The number of hydrogen-bond donors (Lipinski definition) is 2. The van der Waals surface area contributed by atoms with Crippen LogP contribution in [-0.2, 0) is 9.59 Å². The lowest BCUT2D eigenvalue weighted by atomic mass is 10.2. The molecule has 2 fully saturated rings. The molecule has 0 aromatic carbocycles. The molecule has 2 aliphatic heterocycles. The molecule has 0 aromatic heterocycles. The number of nitrogens with one attached hydrogen (secondary N) is 1. The van der Waals surface area contributed by atoms with E-state index < -0.39 is 12.1 Å². The second-order valence-corrected chi connectivity index (χ2v) is 6.64. The number of likely N-dealkylation sites (tertiary alicyclic amines) is 1. The topological polar surface area (TPSA) is 99.0 Å². The van der Waals surface area contributed by atoms with Crippen molar-refractivity contribution in [1.82, 2.24) is 20.0 Å². The fraction of sp³-hybridized carbons (Fsp3) is 0.812. The van der Waals surface area contributed by atoms with E-state index in [1.54, 1.807) is 6.92 Å². The molecule has 0 saturated carbocycles. The minimum atomic E-state index is -0.825. The zero-order valence-corrected chi connectivity index (χ0v) is 14.5. The lowest BCUT2D eigenvalue weighted by Gasteiger charge is -2.37. The highest BCUT2D eigenvalue weighted by molar-refractivity contribution is 5.96. The molecule has 4 amide bonds. The molecule has 2 aliphatic rings. The first-order valence-corrected chi connectivity index (χ1v) is 8.82. The number of hydrogen-bond acceptors (Lipinski definition) is 5. The van der Waals surface area contributed by atoms with Gasteiger partial charge in [0.25, 0.3) is 0 Å². The standard InChI is InChI=1S/C16H29N5O3/c1-13(15(23)18-16(17)24)20-10-8-19(9-11-20)12-14(22)21-6-4-2-3-5-7-21/h13H,2-12H2,1H3,(H3,17,18,23,24). The maximum absolute atomic E-state index is 12.4. The van der Waals surface area contributed by atoms with Crippen molar-refractivity contribution < 1.29 is 14.4 Å². The van der Waals surface area contributed by atoms with Gasteiger partial charge in [-0.2, -0.15) is 0 Å². The smallest absolute Gasteiger partial charge is 0.318 e. The number of rotatable bonds is 4. The van der Waals surface area contributed by atoms with Gasteiger partial charge >= 0.3 is 6.03 Å². The van der Waals surface area contributed by atoms with Crippen molar-refractivity contribution in [3.05, 3.63) is 0 Å². The van der Waals surface area contributed by atoms with E-state index in [0.29, 0.717) is 19.6 Å². The summed E-state index contributed by atoms with van der Waals surface area (Å²) in [4.78, 5) is 41.1. The molecule has 0 spiro atoms. The van der Waals surface area contributed by atoms with Crippen LogP contribution in [0.25, 0.3) is 0 Å². The van der Waals surface area contributed by atoms with Crippen LogP contribution in [0.15, 0.2) is 0 Å². The van der Waals surface area contributed by atoms with Crippen LogP contribution < -0.4 is 11.1 Å². The Morgan fingerprint density at radius 2 is 1.54 bits per heavy atom. The first kappa shape index (κ1) is 18.7. The molecule has 0 aromatic rings. The summed E-state index contributed by atoms with van der Waals surface area (Å²) in [5.74, 6) is -0.165. The number of nitrogens with zero attached hydrogens (tertiary/aromatic N) is 3. The molecule has 8 heteroatoms. The molecule has 1 atom stereocenters. The molecule has 24 heavy (non-hydrogen) atoms. The highest BCUT2D eigenvalue weighted by Gasteiger charge is 2.27. The predicted octanol–water partition coefficient (Wildman–Crippen LogP) is -0.410. The van der Waals surface area contributed by atoms with Crippen molar-refractivity contribution in [2.24, 2.45) is 5.73 Å². The zero-order valence-electron chi connectivity index (χ0n) is 14.5. The van der Waals surface area contributed by atoms with Gasteiger partial charge in [-0.15, -0.1) is 0 Å². The summed E-state index contributed by atoms with van der Waals surface area (Å²) >= 11 is 0. The van der Waals surface area contributed by atoms with Gasteiger partial charge in [0, 0.05) is 39.3 Å².